The van der Waals surface area contributed by atoms with Gasteiger partial charge in [0.2, 0.25) is 0 Å². The summed E-state index contributed by atoms with van der Waals surface area (Å²) in [5, 5.41) is 3.74. The molecule has 2 nitrogen and oxygen atoms in total. The average molecular weight is 259 g/mol. The largest absolute Gasteiger partial charge is 0.375 e. The molecule has 2 fully saturated rings. The van der Waals surface area contributed by atoms with Crippen molar-refractivity contribution in [2.75, 3.05) is 13.2 Å². The van der Waals surface area contributed by atoms with E-state index in [9.17, 15) is 0 Å². The first kappa shape index (κ1) is 13.1. The number of hydrogen-bond donors (Lipinski definition) is 1. The fraction of sp³-hybridized carbons (Fsp3) is 0.647. The highest BCUT2D eigenvalue weighted by molar-refractivity contribution is 5.25. The Morgan fingerprint density at radius 2 is 2.16 bits per heavy atom. The zero-order chi connectivity index (χ0) is 13.1. The van der Waals surface area contributed by atoms with Crippen LogP contribution in [0.3, 0.4) is 0 Å². The van der Waals surface area contributed by atoms with Gasteiger partial charge in [0.05, 0.1) is 5.60 Å². The maximum absolute atomic E-state index is 5.98. The zero-order valence-electron chi connectivity index (χ0n) is 12.0. The standard InChI is InChI=1S/C17H25NO/c1-14-5-2-3-6-15(14)7-11-18-16-8-12-19-17(13-16)9-4-10-17/h2-3,5-6,16,18H,4,7-13H2,1H3. The minimum absolute atomic E-state index is 0.262. The summed E-state index contributed by atoms with van der Waals surface area (Å²) in [5.41, 5.74) is 3.14. The Morgan fingerprint density at radius 3 is 2.89 bits per heavy atom. The van der Waals surface area contributed by atoms with E-state index in [0.29, 0.717) is 6.04 Å². The molecule has 1 N–H and O–H groups in total. The number of nitrogens with one attached hydrogen (secondary N) is 1. The van der Waals surface area contributed by atoms with Crippen LogP contribution in [0.4, 0.5) is 0 Å². The maximum Gasteiger partial charge on any atom is 0.0697 e. The van der Waals surface area contributed by atoms with Crippen molar-refractivity contribution in [3.63, 3.8) is 0 Å². The van der Waals surface area contributed by atoms with E-state index in [2.05, 4.69) is 36.5 Å². The molecule has 1 aromatic rings. The van der Waals surface area contributed by atoms with Crippen LogP contribution in [0, 0.1) is 6.92 Å². The summed E-state index contributed by atoms with van der Waals surface area (Å²) in [7, 11) is 0. The van der Waals surface area contributed by atoms with Gasteiger partial charge in [-0.05, 0) is 63.1 Å². The van der Waals surface area contributed by atoms with E-state index in [-0.39, 0.29) is 5.60 Å². The van der Waals surface area contributed by atoms with Gasteiger partial charge < -0.3 is 10.1 Å². The Balaban J connectivity index is 1.46. The van der Waals surface area contributed by atoms with E-state index >= 15 is 0 Å². The van der Waals surface area contributed by atoms with Gasteiger partial charge in [0.1, 0.15) is 0 Å². The van der Waals surface area contributed by atoms with E-state index in [1.165, 1.54) is 43.2 Å². The Bertz CT molecular complexity index is 425. The molecule has 0 bridgehead atoms. The van der Waals surface area contributed by atoms with Crippen molar-refractivity contribution in [3.8, 4) is 0 Å². The molecule has 19 heavy (non-hydrogen) atoms. The molecule has 0 radical (unpaired) electrons. The average Bonchev–Trinajstić information content (AvgIpc) is 2.40. The predicted molar refractivity (Wildman–Crippen MR) is 78.4 cm³/mol. The third-order valence-electron chi connectivity index (χ3n) is 4.85. The van der Waals surface area contributed by atoms with Gasteiger partial charge in [-0.3, -0.25) is 0 Å². The minimum Gasteiger partial charge on any atom is -0.375 e. The molecule has 1 heterocycles. The molecular weight excluding hydrogens is 234 g/mol. The molecule has 0 amide bonds. The second-order valence-electron chi connectivity index (χ2n) is 6.21. The maximum atomic E-state index is 5.98. The van der Waals surface area contributed by atoms with E-state index in [0.717, 1.165) is 19.6 Å². The van der Waals surface area contributed by atoms with Gasteiger partial charge in [0, 0.05) is 12.6 Å². The summed E-state index contributed by atoms with van der Waals surface area (Å²) in [6.07, 6.45) is 7.45. The van der Waals surface area contributed by atoms with Crippen LogP contribution in [-0.2, 0) is 11.2 Å². The monoisotopic (exact) mass is 259 g/mol. The topological polar surface area (TPSA) is 21.3 Å². The van der Waals surface area contributed by atoms with Crippen LogP contribution in [0.15, 0.2) is 24.3 Å². The van der Waals surface area contributed by atoms with Crippen molar-refractivity contribution < 1.29 is 4.74 Å². The molecule has 3 rings (SSSR count). The number of rotatable bonds is 4. The predicted octanol–water partition coefficient (Wildman–Crippen LogP) is 3.23. The van der Waals surface area contributed by atoms with Crippen LogP contribution in [0.1, 0.15) is 43.2 Å². The molecule has 104 valence electrons. The van der Waals surface area contributed by atoms with E-state index < -0.39 is 0 Å². The highest BCUT2D eigenvalue weighted by atomic mass is 16.5. The molecule has 1 atom stereocenters. The van der Waals surface area contributed by atoms with Crippen molar-refractivity contribution in [2.24, 2.45) is 0 Å². The summed E-state index contributed by atoms with van der Waals surface area (Å²) in [5.74, 6) is 0. The normalized spacial score (nSPS) is 25.2. The summed E-state index contributed by atoms with van der Waals surface area (Å²) in [6, 6.07) is 9.37. The van der Waals surface area contributed by atoms with Gasteiger partial charge in [0.25, 0.3) is 0 Å². The zero-order valence-corrected chi connectivity index (χ0v) is 12.0. The van der Waals surface area contributed by atoms with Crippen LogP contribution < -0.4 is 5.32 Å². The number of aryl methyl sites for hydroxylation is 1. The van der Waals surface area contributed by atoms with Crippen LogP contribution in [0.5, 0.6) is 0 Å². The van der Waals surface area contributed by atoms with Gasteiger partial charge in [-0.15, -0.1) is 0 Å². The van der Waals surface area contributed by atoms with Crippen molar-refractivity contribution in [1.29, 1.82) is 0 Å². The second kappa shape index (κ2) is 5.64. The Morgan fingerprint density at radius 1 is 1.32 bits per heavy atom. The molecule has 1 aliphatic carbocycles. The lowest BCUT2D eigenvalue weighted by molar-refractivity contribution is -0.135. The van der Waals surface area contributed by atoms with Crippen LogP contribution in [0.2, 0.25) is 0 Å². The Labute approximate surface area is 116 Å². The SMILES string of the molecule is Cc1ccccc1CCNC1CCOC2(CCC2)C1. The quantitative estimate of drug-likeness (QED) is 0.896. The van der Waals surface area contributed by atoms with Crippen molar-refractivity contribution in [1.82, 2.24) is 5.32 Å². The molecule has 1 saturated carbocycles. The molecule has 2 heteroatoms. The first-order valence-corrected chi connectivity index (χ1v) is 7.69. The molecule has 1 aliphatic heterocycles. The van der Waals surface area contributed by atoms with E-state index in [4.69, 9.17) is 4.74 Å². The highest BCUT2D eigenvalue weighted by Crippen LogP contribution is 2.42. The third-order valence-corrected chi connectivity index (χ3v) is 4.85. The van der Waals surface area contributed by atoms with Gasteiger partial charge in [-0.25, -0.2) is 0 Å². The number of benzene rings is 1. The summed E-state index contributed by atoms with van der Waals surface area (Å²) in [4.78, 5) is 0. The van der Waals surface area contributed by atoms with Crippen LogP contribution in [-0.4, -0.2) is 24.8 Å². The third kappa shape index (κ3) is 3.01. The molecule has 1 saturated heterocycles. The van der Waals surface area contributed by atoms with Crippen molar-refractivity contribution in [3.05, 3.63) is 35.4 Å². The Kier molecular flexibility index (Phi) is 3.90. The number of hydrogen-bond acceptors (Lipinski definition) is 2. The van der Waals surface area contributed by atoms with Crippen LogP contribution in [0.25, 0.3) is 0 Å². The molecular formula is C17H25NO. The second-order valence-corrected chi connectivity index (χ2v) is 6.21. The summed E-state index contributed by atoms with van der Waals surface area (Å²) >= 11 is 0. The van der Waals surface area contributed by atoms with Gasteiger partial charge >= 0.3 is 0 Å². The highest BCUT2D eigenvalue weighted by Gasteiger charge is 2.42. The van der Waals surface area contributed by atoms with Crippen LogP contribution >= 0.6 is 0 Å². The van der Waals surface area contributed by atoms with Crippen molar-refractivity contribution in [2.45, 2.75) is 57.1 Å². The minimum atomic E-state index is 0.262. The van der Waals surface area contributed by atoms with E-state index in [1.54, 1.807) is 0 Å². The Hall–Kier alpha value is -0.860. The van der Waals surface area contributed by atoms with E-state index in [1.807, 2.05) is 0 Å². The lowest BCUT2D eigenvalue weighted by Crippen LogP contribution is -2.51. The molecule has 1 aromatic carbocycles. The smallest absolute Gasteiger partial charge is 0.0697 e. The first-order valence-electron chi connectivity index (χ1n) is 7.69. The fourth-order valence-corrected chi connectivity index (χ4v) is 3.42. The summed E-state index contributed by atoms with van der Waals surface area (Å²) < 4.78 is 5.98. The molecule has 1 spiro atoms. The van der Waals surface area contributed by atoms with Crippen molar-refractivity contribution >= 4 is 0 Å². The van der Waals surface area contributed by atoms with Gasteiger partial charge in [-0.1, -0.05) is 24.3 Å². The molecule has 1 unspecified atom stereocenters. The summed E-state index contributed by atoms with van der Waals surface area (Å²) in [6.45, 7) is 4.24. The first-order chi connectivity index (χ1) is 9.27. The lowest BCUT2D eigenvalue weighted by Gasteiger charge is -2.47. The molecule has 2 aliphatic rings. The van der Waals surface area contributed by atoms with Gasteiger partial charge in [-0.2, -0.15) is 0 Å². The van der Waals surface area contributed by atoms with Gasteiger partial charge in [0.15, 0.2) is 0 Å². The molecule has 0 aromatic heterocycles. The fourth-order valence-electron chi connectivity index (χ4n) is 3.42. The number of ether oxygens (including phenoxy) is 1. The lowest BCUT2D eigenvalue weighted by atomic mass is 9.74.